The minimum absolute atomic E-state index is 0.00533. The molecule has 7 heteroatoms. The number of hydrogen-bond acceptors (Lipinski definition) is 6. The van der Waals surface area contributed by atoms with E-state index in [2.05, 4.69) is 20.3 Å². The fraction of sp³-hybridized carbons (Fsp3) is 0.571. The van der Waals surface area contributed by atoms with E-state index >= 15 is 0 Å². The Balaban J connectivity index is 2.32. The number of nitrogens with two attached hydrogens (primary N) is 1. The summed E-state index contributed by atoms with van der Waals surface area (Å²) in [4.78, 5) is 11.3. The lowest BCUT2D eigenvalue weighted by Crippen LogP contribution is -2.26. The van der Waals surface area contributed by atoms with Gasteiger partial charge in [-0.05, 0) is 16.7 Å². The first kappa shape index (κ1) is 10.5. The highest BCUT2D eigenvalue weighted by Crippen LogP contribution is 2.02. The number of nitrogen functional groups attached to an aromatic ring is 1. The second-order valence-corrected chi connectivity index (χ2v) is 2.60. The summed E-state index contributed by atoms with van der Waals surface area (Å²) in [7, 11) is 1.60. The third-order valence-electron chi connectivity index (χ3n) is 1.54. The number of anilines is 1. The molecule has 1 heterocycles. The van der Waals surface area contributed by atoms with E-state index in [0.717, 1.165) is 6.42 Å². The molecule has 1 aromatic heterocycles. The smallest absolute Gasteiger partial charge is 0.277 e. The van der Waals surface area contributed by atoms with E-state index in [1.807, 2.05) is 0 Å². The first-order valence-corrected chi connectivity index (χ1v) is 4.11. The summed E-state index contributed by atoms with van der Waals surface area (Å²) in [5.41, 5.74) is 5.34. The van der Waals surface area contributed by atoms with Gasteiger partial charge in [0.1, 0.15) is 0 Å². The number of hydrogen-bond donors (Lipinski definition) is 2. The summed E-state index contributed by atoms with van der Waals surface area (Å²) >= 11 is 0. The zero-order valence-electron chi connectivity index (χ0n) is 7.82. The molecular weight excluding hydrogens is 188 g/mol. The maximum atomic E-state index is 11.3. The Bertz CT molecular complexity index is 299. The number of ether oxygens (including phenoxy) is 1. The van der Waals surface area contributed by atoms with Crippen molar-refractivity contribution >= 4 is 11.7 Å². The lowest BCUT2D eigenvalue weighted by molar-refractivity contribution is 0.0939. The number of nitrogens with one attached hydrogen (secondary N) is 1. The number of methoxy groups -OCH3 is 1. The van der Waals surface area contributed by atoms with Crippen molar-refractivity contribution in [3.63, 3.8) is 0 Å². The number of nitrogens with zero attached hydrogens (tertiary/aromatic N) is 2. The van der Waals surface area contributed by atoms with Gasteiger partial charge in [0.25, 0.3) is 5.91 Å². The summed E-state index contributed by atoms with van der Waals surface area (Å²) in [6, 6.07) is 0. The van der Waals surface area contributed by atoms with Gasteiger partial charge in [-0.25, -0.2) is 4.63 Å². The molecule has 1 rings (SSSR count). The van der Waals surface area contributed by atoms with E-state index in [-0.39, 0.29) is 17.4 Å². The van der Waals surface area contributed by atoms with Crippen LogP contribution >= 0.6 is 0 Å². The Kier molecular flexibility index (Phi) is 3.86. The predicted molar refractivity (Wildman–Crippen MR) is 47.5 cm³/mol. The second-order valence-electron chi connectivity index (χ2n) is 2.60. The molecule has 0 fully saturated rings. The molecule has 0 aliphatic heterocycles. The summed E-state index contributed by atoms with van der Waals surface area (Å²) in [6.07, 6.45) is 0.730. The predicted octanol–water partition coefficient (Wildman–Crippen LogP) is -0.582. The minimum Gasteiger partial charge on any atom is -0.385 e. The van der Waals surface area contributed by atoms with Crippen LogP contribution in [0.4, 0.5) is 5.82 Å². The van der Waals surface area contributed by atoms with Crippen molar-refractivity contribution in [1.82, 2.24) is 15.6 Å². The average molecular weight is 200 g/mol. The van der Waals surface area contributed by atoms with Gasteiger partial charge >= 0.3 is 0 Å². The number of carbonyl (C=O) groups is 1. The fourth-order valence-corrected chi connectivity index (χ4v) is 0.855. The van der Waals surface area contributed by atoms with Crippen LogP contribution in [0.2, 0.25) is 0 Å². The molecule has 3 N–H and O–H groups in total. The van der Waals surface area contributed by atoms with E-state index in [9.17, 15) is 4.79 Å². The first-order chi connectivity index (χ1) is 6.75. The third kappa shape index (κ3) is 2.70. The van der Waals surface area contributed by atoms with Crippen LogP contribution in [0.15, 0.2) is 4.63 Å². The molecule has 0 saturated heterocycles. The molecular formula is C7H12N4O3. The molecule has 0 radical (unpaired) electrons. The van der Waals surface area contributed by atoms with Crippen molar-refractivity contribution < 1.29 is 14.2 Å². The van der Waals surface area contributed by atoms with E-state index in [0.29, 0.717) is 13.2 Å². The van der Waals surface area contributed by atoms with Gasteiger partial charge in [0.05, 0.1) is 0 Å². The molecule has 0 unspecified atom stereocenters. The molecule has 0 spiro atoms. The van der Waals surface area contributed by atoms with Crippen molar-refractivity contribution in [2.24, 2.45) is 0 Å². The number of amides is 1. The van der Waals surface area contributed by atoms with Crippen molar-refractivity contribution in [3.8, 4) is 0 Å². The van der Waals surface area contributed by atoms with Crippen LogP contribution in [0.3, 0.4) is 0 Å². The van der Waals surface area contributed by atoms with Gasteiger partial charge < -0.3 is 15.8 Å². The molecule has 14 heavy (non-hydrogen) atoms. The third-order valence-corrected chi connectivity index (χ3v) is 1.54. The van der Waals surface area contributed by atoms with Gasteiger partial charge in [-0.3, -0.25) is 4.79 Å². The second kappa shape index (κ2) is 5.18. The molecule has 0 aliphatic carbocycles. The van der Waals surface area contributed by atoms with Gasteiger partial charge in [0.2, 0.25) is 11.5 Å². The zero-order chi connectivity index (χ0) is 10.4. The summed E-state index contributed by atoms with van der Waals surface area (Å²) in [6.45, 7) is 1.09. The number of carbonyl (C=O) groups excluding carboxylic acids is 1. The lowest BCUT2D eigenvalue weighted by Gasteiger charge is -2.01. The first-order valence-electron chi connectivity index (χ1n) is 4.11. The van der Waals surface area contributed by atoms with Gasteiger partial charge in [0.15, 0.2) is 0 Å². The highest BCUT2D eigenvalue weighted by Gasteiger charge is 2.14. The van der Waals surface area contributed by atoms with Crippen LogP contribution in [-0.2, 0) is 4.74 Å². The number of aromatic nitrogens is 2. The van der Waals surface area contributed by atoms with Crippen molar-refractivity contribution in [2.75, 3.05) is 26.0 Å². The van der Waals surface area contributed by atoms with Gasteiger partial charge in [-0.1, -0.05) is 0 Å². The molecule has 0 saturated carbocycles. The van der Waals surface area contributed by atoms with E-state index in [4.69, 9.17) is 10.5 Å². The Morgan fingerprint density at radius 1 is 1.64 bits per heavy atom. The molecule has 78 valence electrons. The van der Waals surface area contributed by atoms with Crippen LogP contribution in [0.1, 0.15) is 16.9 Å². The topological polar surface area (TPSA) is 103 Å². The van der Waals surface area contributed by atoms with Gasteiger partial charge in [-0.2, -0.15) is 0 Å². The molecule has 0 aromatic carbocycles. The monoisotopic (exact) mass is 200 g/mol. The quantitative estimate of drug-likeness (QED) is 0.616. The lowest BCUT2D eigenvalue weighted by atomic mass is 10.4. The van der Waals surface area contributed by atoms with Crippen LogP contribution in [0, 0.1) is 0 Å². The zero-order valence-corrected chi connectivity index (χ0v) is 7.82. The SMILES string of the molecule is COCCCNC(=O)c1nonc1N. The standard InChI is InChI=1S/C7H12N4O3/c1-13-4-2-3-9-7(12)5-6(8)11-14-10-5/h2-4H2,1H3,(H2,8,11)(H,9,12). The molecule has 7 nitrogen and oxygen atoms in total. The summed E-state index contributed by atoms with van der Waals surface area (Å²) in [5, 5.41) is 9.25. The highest BCUT2D eigenvalue weighted by molar-refractivity contribution is 5.95. The average Bonchev–Trinajstić information content (AvgIpc) is 2.59. The van der Waals surface area contributed by atoms with Crippen molar-refractivity contribution in [2.45, 2.75) is 6.42 Å². The Morgan fingerprint density at radius 3 is 3.00 bits per heavy atom. The highest BCUT2D eigenvalue weighted by atomic mass is 16.6. The molecule has 1 amide bonds. The normalized spacial score (nSPS) is 10.1. The van der Waals surface area contributed by atoms with E-state index in [1.165, 1.54) is 0 Å². The molecule has 0 bridgehead atoms. The molecule has 0 aliphatic rings. The largest absolute Gasteiger partial charge is 0.385 e. The van der Waals surface area contributed by atoms with Gasteiger partial charge in [0, 0.05) is 20.3 Å². The van der Waals surface area contributed by atoms with Crippen molar-refractivity contribution in [3.05, 3.63) is 5.69 Å². The van der Waals surface area contributed by atoms with E-state index in [1.54, 1.807) is 7.11 Å². The summed E-state index contributed by atoms with van der Waals surface area (Å²) in [5.74, 6) is -0.394. The Labute approximate surface area is 80.6 Å². The van der Waals surface area contributed by atoms with E-state index < -0.39 is 0 Å². The van der Waals surface area contributed by atoms with Crippen molar-refractivity contribution in [1.29, 1.82) is 0 Å². The Morgan fingerprint density at radius 2 is 2.43 bits per heavy atom. The maximum Gasteiger partial charge on any atom is 0.277 e. The number of rotatable bonds is 5. The maximum absolute atomic E-state index is 11.3. The molecule has 0 atom stereocenters. The van der Waals surface area contributed by atoms with Gasteiger partial charge in [-0.15, -0.1) is 0 Å². The summed E-state index contributed by atoms with van der Waals surface area (Å²) < 4.78 is 9.10. The van der Waals surface area contributed by atoms with Crippen LogP contribution in [0.5, 0.6) is 0 Å². The fourth-order valence-electron chi connectivity index (χ4n) is 0.855. The van der Waals surface area contributed by atoms with Crippen LogP contribution in [-0.4, -0.2) is 36.5 Å². The minimum atomic E-state index is -0.389. The molecule has 1 aromatic rings. The Hall–Kier alpha value is -1.63. The van der Waals surface area contributed by atoms with Crippen LogP contribution in [0.25, 0.3) is 0 Å². The van der Waals surface area contributed by atoms with Crippen LogP contribution < -0.4 is 11.1 Å².